The van der Waals surface area contributed by atoms with Crippen LogP contribution in [-0.4, -0.2) is 36.4 Å². The molecule has 2 aromatic carbocycles. The Morgan fingerprint density at radius 1 is 1.00 bits per heavy atom. The summed E-state index contributed by atoms with van der Waals surface area (Å²) in [6.45, 7) is 1.67. The van der Waals surface area contributed by atoms with Gasteiger partial charge in [0.15, 0.2) is 11.5 Å². The molecule has 0 bridgehead atoms. The molecule has 0 saturated heterocycles. The van der Waals surface area contributed by atoms with E-state index in [1.54, 1.807) is 31.2 Å². The number of carboxylic acids is 2. The highest BCUT2D eigenvalue weighted by Gasteiger charge is 2.16. The van der Waals surface area contributed by atoms with Crippen LogP contribution in [0.4, 0.5) is 0 Å². The van der Waals surface area contributed by atoms with E-state index in [0.717, 1.165) is 6.08 Å². The van der Waals surface area contributed by atoms with Crippen molar-refractivity contribution < 1.29 is 29.3 Å². The normalized spacial score (nSPS) is 11.1. The molecular weight excluding hydrogens is 324 g/mol. The minimum atomic E-state index is -1.05. The van der Waals surface area contributed by atoms with Crippen LogP contribution in [0.25, 0.3) is 16.7 Å². The van der Waals surface area contributed by atoms with Gasteiger partial charge in [0, 0.05) is 11.6 Å². The summed E-state index contributed by atoms with van der Waals surface area (Å²) in [5.41, 5.74) is 2.54. The zero-order valence-corrected chi connectivity index (χ0v) is 14.1. The van der Waals surface area contributed by atoms with Gasteiger partial charge in [-0.15, -0.1) is 0 Å². The average molecular weight is 342 g/mol. The standard InChI is InChI=1S/C19H18O6/c1-11(7-17(20)21)14-9-15(18(25-3)16(10-14)24-2)12-5-4-6-13(8-12)19(22)23/h4-10H,1-3H3,(H,20,21)(H,22,23)/b11-7+. The van der Waals surface area contributed by atoms with Crippen LogP contribution in [0.5, 0.6) is 11.5 Å². The maximum absolute atomic E-state index is 11.2. The maximum Gasteiger partial charge on any atom is 0.335 e. The summed E-state index contributed by atoms with van der Waals surface area (Å²) >= 11 is 0. The fourth-order valence-corrected chi connectivity index (χ4v) is 2.49. The fraction of sp³-hybridized carbons (Fsp3) is 0.158. The third-order valence-electron chi connectivity index (χ3n) is 3.69. The van der Waals surface area contributed by atoms with Crippen molar-refractivity contribution >= 4 is 17.5 Å². The first kappa shape index (κ1) is 18.1. The number of carbonyl (C=O) groups is 2. The second-order valence-electron chi connectivity index (χ2n) is 5.31. The molecule has 0 unspecified atom stereocenters. The number of allylic oxidation sites excluding steroid dienone is 1. The monoisotopic (exact) mass is 342 g/mol. The van der Waals surface area contributed by atoms with E-state index in [4.69, 9.17) is 14.6 Å². The van der Waals surface area contributed by atoms with E-state index in [0.29, 0.717) is 33.8 Å². The highest BCUT2D eigenvalue weighted by molar-refractivity contribution is 5.92. The zero-order chi connectivity index (χ0) is 18.6. The summed E-state index contributed by atoms with van der Waals surface area (Å²) < 4.78 is 10.8. The Morgan fingerprint density at radius 2 is 1.72 bits per heavy atom. The van der Waals surface area contributed by atoms with Gasteiger partial charge in [-0.25, -0.2) is 9.59 Å². The molecule has 0 aliphatic heterocycles. The lowest BCUT2D eigenvalue weighted by Crippen LogP contribution is -1.99. The number of hydrogen-bond donors (Lipinski definition) is 2. The highest BCUT2D eigenvalue weighted by atomic mass is 16.5. The van der Waals surface area contributed by atoms with Crippen LogP contribution in [0.1, 0.15) is 22.8 Å². The Morgan fingerprint density at radius 3 is 2.28 bits per heavy atom. The van der Waals surface area contributed by atoms with Crippen LogP contribution in [0.15, 0.2) is 42.5 Å². The first-order valence-electron chi connectivity index (χ1n) is 7.38. The Balaban J connectivity index is 2.72. The largest absolute Gasteiger partial charge is 0.493 e. The van der Waals surface area contributed by atoms with Gasteiger partial charge in [-0.05, 0) is 47.9 Å². The molecule has 0 aromatic heterocycles. The van der Waals surface area contributed by atoms with Gasteiger partial charge in [0.2, 0.25) is 0 Å². The summed E-state index contributed by atoms with van der Waals surface area (Å²) in [7, 11) is 2.97. The fourth-order valence-electron chi connectivity index (χ4n) is 2.49. The third-order valence-corrected chi connectivity index (χ3v) is 3.69. The topological polar surface area (TPSA) is 93.1 Å². The first-order valence-corrected chi connectivity index (χ1v) is 7.38. The van der Waals surface area contributed by atoms with Crippen molar-refractivity contribution in [3.8, 4) is 22.6 Å². The molecule has 0 aliphatic rings. The van der Waals surface area contributed by atoms with Gasteiger partial charge in [0.05, 0.1) is 19.8 Å². The number of hydrogen-bond acceptors (Lipinski definition) is 4. The van der Waals surface area contributed by atoms with Gasteiger partial charge < -0.3 is 19.7 Å². The van der Waals surface area contributed by atoms with Crippen LogP contribution in [0, 0.1) is 0 Å². The Bertz CT molecular complexity index is 851. The summed E-state index contributed by atoms with van der Waals surface area (Å²) in [5.74, 6) is -1.22. The van der Waals surface area contributed by atoms with E-state index in [1.165, 1.54) is 26.4 Å². The van der Waals surface area contributed by atoms with E-state index < -0.39 is 11.9 Å². The van der Waals surface area contributed by atoms with Gasteiger partial charge in [-0.3, -0.25) is 0 Å². The maximum atomic E-state index is 11.2. The Labute approximate surface area is 144 Å². The molecule has 6 heteroatoms. The second-order valence-corrected chi connectivity index (χ2v) is 5.31. The second kappa shape index (κ2) is 7.53. The van der Waals surface area contributed by atoms with E-state index in [1.807, 2.05) is 0 Å². The molecule has 0 aliphatic carbocycles. The van der Waals surface area contributed by atoms with Crippen molar-refractivity contribution in [2.24, 2.45) is 0 Å². The molecule has 0 spiro atoms. The van der Waals surface area contributed by atoms with Crippen LogP contribution in [0.3, 0.4) is 0 Å². The van der Waals surface area contributed by atoms with Gasteiger partial charge in [0.25, 0.3) is 0 Å². The molecule has 6 nitrogen and oxygen atoms in total. The van der Waals surface area contributed by atoms with Gasteiger partial charge >= 0.3 is 11.9 Å². The molecule has 0 amide bonds. The zero-order valence-electron chi connectivity index (χ0n) is 14.1. The predicted octanol–water partition coefficient (Wildman–Crippen LogP) is 3.56. The first-order chi connectivity index (χ1) is 11.9. The summed E-state index contributed by atoms with van der Waals surface area (Å²) in [6, 6.07) is 9.84. The Kier molecular flexibility index (Phi) is 5.44. The number of aliphatic carboxylic acids is 1. The average Bonchev–Trinajstić information content (AvgIpc) is 2.59. The van der Waals surface area contributed by atoms with Crippen molar-refractivity contribution in [1.82, 2.24) is 0 Å². The summed E-state index contributed by atoms with van der Waals surface area (Å²) in [5, 5.41) is 18.2. The number of rotatable bonds is 6. The van der Waals surface area contributed by atoms with Crippen LogP contribution < -0.4 is 9.47 Å². The molecule has 0 radical (unpaired) electrons. The van der Waals surface area contributed by atoms with Crippen molar-refractivity contribution in [3.05, 3.63) is 53.6 Å². The molecule has 2 rings (SSSR count). The molecule has 0 atom stereocenters. The minimum absolute atomic E-state index is 0.140. The van der Waals surface area contributed by atoms with Crippen molar-refractivity contribution in [1.29, 1.82) is 0 Å². The minimum Gasteiger partial charge on any atom is -0.493 e. The van der Waals surface area contributed by atoms with E-state index in [2.05, 4.69) is 0 Å². The molecule has 130 valence electrons. The lowest BCUT2D eigenvalue weighted by molar-refractivity contribution is -0.131. The molecule has 0 heterocycles. The van der Waals surface area contributed by atoms with Gasteiger partial charge in [-0.1, -0.05) is 12.1 Å². The summed E-state index contributed by atoms with van der Waals surface area (Å²) in [4.78, 5) is 22.2. The van der Waals surface area contributed by atoms with Crippen LogP contribution in [0.2, 0.25) is 0 Å². The molecule has 0 fully saturated rings. The smallest absolute Gasteiger partial charge is 0.335 e. The number of benzene rings is 2. The molecule has 0 saturated carbocycles. The van der Waals surface area contributed by atoms with Crippen LogP contribution >= 0.6 is 0 Å². The predicted molar refractivity (Wildman–Crippen MR) is 93.2 cm³/mol. The van der Waals surface area contributed by atoms with Crippen molar-refractivity contribution in [3.63, 3.8) is 0 Å². The van der Waals surface area contributed by atoms with Gasteiger partial charge in [0.1, 0.15) is 0 Å². The summed E-state index contributed by atoms with van der Waals surface area (Å²) in [6.07, 6.45) is 1.10. The number of ether oxygens (including phenoxy) is 2. The lowest BCUT2D eigenvalue weighted by Gasteiger charge is -2.16. The lowest BCUT2D eigenvalue weighted by atomic mass is 9.96. The van der Waals surface area contributed by atoms with Gasteiger partial charge in [-0.2, -0.15) is 0 Å². The molecular formula is C19H18O6. The van der Waals surface area contributed by atoms with E-state index >= 15 is 0 Å². The van der Waals surface area contributed by atoms with E-state index in [-0.39, 0.29) is 5.56 Å². The third kappa shape index (κ3) is 3.98. The van der Waals surface area contributed by atoms with E-state index in [9.17, 15) is 14.7 Å². The molecule has 25 heavy (non-hydrogen) atoms. The SMILES string of the molecule is COc1cc(/C(C)=C/C(=O)O)cc(-c2cccc(C(=O)O)c2)c1OC. The molecule has 2 N–H and O–H groups in total. The Hall–Kier alpha value is -3.28. The number of carboxylic acid groups (broad SMARTS) is 2. The number of aromatic carboxylic acids is 1. The van der Waals surface area contributed by atoms with Crippen molar-refractivity contribution in [2.45, 2.75) is 6.92 Å². The highest BCUT2D eigenvalue weighted by Crippen LogP contribution is 2.41. The number of methoxy groups -OCH3 is 2. The van der Waals surface area contributed by atoms with Crippen molar-refractivity contribution in [2.75, 3.05) is 14.2 Å². The molecule has 2 aromatic rings. The van der Waals surface area contributed by atoms with Crippen LogP contribution in [-0.2, 0) is 4.79 Å². The quantitative estimate of drug-likeness (QED) is 0.780.